The number of hydrogen-bond acceptors (Lipinski definition) is 4. The second-order valence-corrected chi connectivity index (χ2v) is 7.56. The van der Waals surface area contributed by atoms with Gasteiger partial charge in [0.2, 0.25) is 0 Å². The van der Waals surface area contributed by atoms with Crippen molar-refractivity contribution in [2.24, 2.45) is 0 Å². The van der Waals surface area contributed by atoms with E-state index in [9.17, 15) is 0 Å². The van der Waals surface area contributed by atoms with Crippen LogP contribution in [0.15, 0.2) is 23.7 Å². The predicted molar refractivity (Wildman–Crippen MR) is 102 cm³/mol. The van der Waals surface area contributed by atoms with Crippen molar-refractivity contribution in [2.75, 3.05) is 13.6 Å². The molecule has 0 unspecified atom stereocenters. The lowest BCUT2D eigenvalue weighted by atomic mass is 9.76. The van der Waals surface area contributed by atoms with Gasteiger partial charge >= 0.3 is 7.12 Å². The zero-order chi connectivity index (χ0) is 18.0. The molecule has 24 heavy (non-hydrogen) atoms. The average molecular weight is 391 g/mol. The van der Waals surface area contributed by atoms with Crippen LogP contribution < -0.4 is 5.32 Å². The summed E-state index contributed by atoms with van der Waals surface area (Å²) in [6.45, 7) is 8.83. The summed E-state index contributed by atoms with van der Waals surface area (Å²) in [6, 6.07) is 7.90. The predicted octanol–water partition coefficient (Wildman–Crippen LogP) is 3.69. The Balaban J connectivity index is 2.42. The normalized spacial score (nSPS) is 19.4. The Bertz CT molecular complexity index is 664. The van der Waals surface area contributed by atoms with E-state index in [1.54, 1.807) is 0 Å². The smallest absolute Gasteiger partial charge is 0.400 e. The maximum Gasteiger partial charge on any atom is 0.491 e. The van der Waals surface area contributed by atoms with Gasteiger partial charge < -0.3 is 14.6 Å². The number of nitriles is 1. The van der Waals surface area contributed by atoms with E-state index in [4.69, 9.17) is 14.6 Å². The summed E-state index contributed by atoms with van der Waals surface area (Å²) in [5.41, 5.74) is 3.02. The van der Waals surface area contributed by atoms with E-state index in [0.717, 1.165) is 21.9 Å². The quantitative estimate of drug-likeness (QED) is 0.615. The van der Waals surface area contributed by atoms with Crippen LogP contribution in [-0.2, 0) is 14.6 Å². The number of alkyl halides is 1. The van der Waals surface area contributed by atoms with Crippen LogP contribution in [0.25, 0.3) is 6.08 Å². The fourth-order valence-corrected chi connectivity index (χ4v) is 3.03. The first kappa shape index (κ1) is 19.2. The minimum Gasteiger partial charge on any atom is -0.400 e. The summed E-state index contributed by atoms with van der Waals surface area (Å²) in [4.78, 5) is 0. The highest BCUT2D eigenvalue weighted by molar-refractivity contribution is 9.08. The van der Waals surface area contributed by atoms with Crippen molar-refractivity contribution in [1.82, 2.24) is 5.32 Å². The molecule has 0 bridgehead atoms. The van der Waals surface area contributed by atoms with Gasteiger partial charge in [0.25, 0.3) is 0 Å². The topological polar surface area (TPSA) is 54.3 Å². The molecule has 0 radical (unpaired) electrons. The Kier molecular flexibility index (Phi) is 5.93. The van der Waals surface area contributed by atoms with E-state index < -0.39 is 7.12 Å². The first-order valence-electron chi connectivity index (χ1n) is 8.04. The van der Waals surface area contributed by atoms with Crippen LogP contribution in [0.2, 0.25) is 0 Å². The number of nitrogens with one attached hydrogen (secondary N) is 1. The minimum atomic E-state index is -0.406. The Hall–Kier alpha value is -1.13. The van der Waals surface area contributed by atoms with Crippen LogP contribution in [0.1, 0.15) is 44.4 Å². The minimum absolute atomic E-state index is 0.378. The van der Waals surface area contributed by atoms with Gasteiger partial charge in [-0.15, -0.1) is 0 Å². The monoisotopic (exact) mass is 390 g/mol. The molecule has 6 heteroatoms. The molecule has 1 N–H and O–H groups in total. The van der Waals surface area contributed by atoms with Gasteiger partial charge in [-0.05, 0) is 63.5 Å². The Morgan fingerprint density at radius 3 is 2.42 bits per heavy atom. The number of halogens is 1. The number of rotatable bonds is 5. The molecule has 0 saturated carbocycles. The molecule has 1 saturated heterocycles. The zero-order valence-electron chi connectivity index (χ0n) is 14.9. The maximum atomic E-state index is 9.17. The highest BCUT2D eigenvalue weighted by Crippen LogP contribution is 2.38. The van der Waals surface area contributed by atoms with Crippen LogP contribution in [0.4, 0.5) is 0 Å². The highest BCUT2D eigenvalue weighted by Gasteiger charge is 2.52. The summed E-state index contributed by atoms with van der Waals surface area (Å²) < 4.78 is 12.3. The fraction of sp³-hybridized carbons (Fsp3) is 0.500. The molecule has 0 aromatic heterocycles. The van der Waals surface area contributed by atoms with Crippen molar-refractivity contribution in [2.45, 2.75) is 44.2 Å². The van der Waals surface area contributed by atoms with E-state index in [0.29, 0.717) is 12.1 Å². The molecule has 0 spiro atoms. The van der Waals surface area contributed by atoms with Gasteiger partial charge in [-0.3, -0.25) is 0 Å². The van der Waals surface area contributed by atoms with Crippen LogP contribution in [-0.4, -0.2) is 31.9 Å². The van der Waals surface area contributed by atoms with E-state index >= 15 is 0 Å². The van der Waals surface area contributed by atoms with Gasteiger partial charge in [0.05, 0.1) is 22.8 Å². The summed E-state index contributed by atoms with van der Waals surface area (Å²) in [5, 5.41) is 13.1. The van der Waals surface area contributed by atoms with Crippen LogP contribution in [0, 0.1) is 11.3 Å². The summed E-state index contributed by atoms with van der Waals surface area (Å²) in [6.07, 6.45) is 2.07. The van der Waals surface area contributed by atoms with E-state index in [1.165, 1.54) is 0 Å². The van der Waals surface area contributed by atoms with E-state index in [-0.39, 0.29) is 11.2 Å². The standard InChI is InChI=1S/C18H24BBrN2O2/c1-17(2)18(3,4)24-19(23-17)16(12-22-5)9-15-8-13(11-21)6-7-14(15)10-20/h6-9,22H,10,12H2,1-5H3. The number of likely N-dealkylation sites (N-methyl/N-ethyl adjacent to an activating group) is 1. The SMILES string of the molecule is CNCC(=Cc1cc(C#N)ccc1CBr)B1OC(C)(C)C(C)(C)O1. The van der Waals surface area contributed by atoms with Crippen molar-refractivity contribution >= 4 is 29.1 Å². The molecule has 1 heterocycles. The third kappa shape index (κ3) is 3.92. The van der Waals surface area contributed by atoms with Gasteiger partial charge in [-0.1, -0.05) is 28.1 Å². The number of benzene rings is 1. The molecule has 1 aliphatic rings. The molecule has 0 atom stereocenters. The molecule has 1 aliphatic heterocycles. The molecule has 4 nitrogen and oxygen atoms in total. The second kappa shape index (κ2) is 7.41. The molecule has 128 valence electrons. The lowest BCUT2D eigenvalue weighted by Crippen LogP contribution is -2.41. The van der Waals surface area contributed by atoms with Gasteiger partial charge in [0.15, 0.2) is 0 Å². The van der Waals surface area contributed by atoms with Crippen molar-refractivity contribution < 1.29 is 9.31 Å². The Morgan fingerprint density at radius 2 is 1.92 bits per heavy atom. The third-order valence-electron chi connectivity index (χ3n) is 4.70. The van der Waals surface area contributed by atoms with E-state index in [2.05, 4.69) is 33.4 Å². The average Bonchev–Trinajstić information content (AvgIpc) is 2.74. The van der Waals surface area contributed by atoms with Gasteiger partial charge in [0.1, 0.15) is 0 Å². The number of nitrogens with zero attached hydrogens (tertiary/aromatic N) is 1. The highest BCUT2D eigenvalue weighted by atomic mass is 79.9. The Labute approximate surface area is 153 Å². The molecule has 2 rings (SSSR count). The van der Waals surface area contributed by atoms with Crippen LogP contribution in [0.5, 0.6) is 0 Å². The van der Waals surface area contributed by atoms with Crippen LogP contribution in [0.3, 0.4) is 0 Å². The van der Waals surface area contributed by atoms with Gasteiger partial charge in [-0.25, -0.2) is 0 Å². The molecular weight excluding hydrogens is 367 g/mol. The first-order valence-corrected chi connectivity index (χ1v) is 9.16. The molecule has 1 aromatic carbocycles. The molecule has 1 fully saturated rings. The van der Waals surface area contributed by atoms with E-state index in [1.807, 2.05) is 52.9 Å². The first-order chi connectivity index (χ1) is 11.2. The lowest BCUT2D eigenvalue weighted by molar-refractivity contribution is 0.00578. The van der Waals surface area contributed by atoms with Gasteiger partial charge in [0, 0.05) is 11.9 Å². The lowest BCUT2D eigenvalue weighted by Gasteiger charge is -2.32. The largest absolute Gasteiger partial charge is 0.491 e. The second-order valence-electron chi connectivity index (χ2n) is 7.00. The van der Waals surface area contributed by atoms with Gasteiger partial charge in [-0.2, -0.15) is 5.26 Å². The number of hydrogen-bond donors (Lipinski definition) is 1. The zero-order valence-corrected chi connectivity index (χ0v) is 16.5. The molecule has 1 aromatic rings. The summed E-state index contributed by atoms with van der Waals surface area (Å²) in [7, 11) is 1.49. The summed E-state index contributed by atoms with van der Waals surface area (Å²) >= 11 is 3.51. The molecular formula is C18H24BBrN2O2. The Morgan fingerprint density at radius 1 is 1.29 bits per heavy atom. The fourth-order valence-electron chi connectivity index (χ4n) is 2.52. The van der Waals surface area contributed by atoms with Crippen molar-refractivity contribution in [1.29, 1.82) is 5.26 Å². The van der Waals surface area contributed by atoms with Crippen molar-refractivity contribution in [3.8, 4) is 6.07 Å². The van der Waals surface area contributed by atoms with Crippen molar-refractivity contribution in [3.63, 3.8) is 0 Å². The van der Waals surface area contributed by atoms with Crippen molar-refractivity contribution in [3.05, 3.63) is 40.4 Å². The maximum absolute atomic E-state index is 9.17. The van der Waals surface area contributed by atoms with Crippen LogP contribution >= 0.6 is 15.9 Å². The molecule has 0 amide bonds. The third-order valence-corrected chi connectivity index (χ3v) is 5.30. The molecule has 0 aliphatic carbocycles. The summed E-state index contributed by atoms with van der Waals surface area (Å²) in [5.74, 6) is 0.